The monoisotopic (exact) mass is 347 g/mol. The molecule has 1 aromatic heterocycles. The van der Waals surface area contributed by atoms with Crippen molar-refractivity contribution in [2.45, 2.75) is 19.4 Å². The second-order valence-electron chi connectivity index (χ2n) is 4.32. The summed E-state index contributed by atoms with van der Waals surface area (Å²) in [4.78, 5) is 0. The Morgan fingerprint density at radius 3 is 2.45 bits per heavy atom. The van der Waals surface area contributed by atoms with Crippen LogP contribution in [-0.4, -0.2) is 6.54 Å². The van der Waals surface area contributed by atoms with Gasteiger partial charge in [0.05, 0.1) is 12.3 Å². The molecule has 108 valence electrons. The topological polar surface area (TPSA) is 25.2 Å². The van der Waals surface area contributed by atoms with Crippen LogP contribution in [0.15, 0.2) is 33.5 Å². The van der Waals surface area contributed by atoms with Crippen LogP contribution in [0.1, 0.15) is 30.5 Å². The zero-order valence-corrected chi connectivity index (χ0v) is 12.3. The van der Waals surface area contributed by atoms with Gasteiger partial charge in [0.1, 0.15) is 5.82 Å². The lowest BCUT2D eigenvalue weighted by Crippen LogP contribution is -2.24. The van der Waals surface area contributed by atoms with E-state index in [-0.39, 0.29) is 5.56 Å². The van der Waals surface area contributed by atoms with Gasteiger partial charge in [-0.1, -0.05) is 6.92 Å². The molecule has 1 heterocycles. The lowest BCUT2D eigenvalue weighted by Gasteiger charge is -2.19. The number of benzene rings is 1. The van der Waals surface area contributed by atoms with E-state index in [0.29, 0.717) is 22.8 Å². The van der Waals surface area contributed by atoms with Crippen molar-refractivity contribution in [3.05, 3.63) is 57.7 Å². The minimum Gasteiger partial charge on any atom is -0.457 e. The quantitative estimate of drug-likeness (QED) is 0.802. The third-order valence-electron chi connectivity index (χ3n) is 2.91. The average molecular weight is 348 g/mol. The molecule has 1 aromatic carbocycles. The van der Waals surface area contributed by atoms with Crippen LogP contribution in [0.5, 0.6) is 0 Å². The first-order valence-electron chi connectivity index (χ1n) is 6.15. The van der Waals surface area contributed by atoms with Crippen LogP contribution in [0.4, 0.5) is 13.2 Å². The van der Waals surface area contributed by atoms with Gasteiger partial charge in [-0.15, -0.1) is 0 Å². The van der Waals surface area contributed by atoms with Crippen molar-refractivity contribution in [1.29, 1.82) is 0 Å². The molecule has 1 unspecified atom stereocenters. The SMILES string of the molecule is CCCNC(c1cc(F)c(F)cc1F)c1ccoc1Br. The second kappa shape index (κ2) is 6.45. The maximum Gasteiger partial charge on any atom is 0.174 e. The first-order valence-corrected chi connectivity index (χ1v) is 6.94. The predicted octanol–water partition coefficient (Wildman–Crippen LogP) is 4.55. The fourth-order valence-electron chi connectivity index (χ4n) is 1.95. The van der Waals surface area contributed by atoms with Crippen molar-refractivity contribution in [1.82, 2.24) is 5.32 Å². The van der Waals surface area contributed by atoms with E-state index in [4.69, 9.17) is 4.42 Å². The van der Waals surface area contributed by atoms with Crippen LogP contribution in [-0.2, 0) is 0 Å². The van der Waals surface area contributed by atoms with Crippen LogP contribution in [0, 0.1) is 17.5 Å². The summed E-state index contributed by atoms with van der Waals surface area (Å²) in [5.41, 5.74) is 0.669. The number of nitrogens with one attached hydrogen (secondary N) is 1. The van der Waals surface area contributed by atoms with E-state index in [1.54, 1.807) is 6.07 Å². The van der Waals surface area contributed by atoms with Gasteiger partial charge in [-0.2, -0.15) is 0 Å². The molecule has 2 rings (SSSR count). The summed E-state index contributed by atoms with van der Waals surface area (Å²) >= 11 is 3.22. The summed E-state index contributed by atoms with van der Waals surface area (Å²) in [6.07, 6.45) is 2.26. The summed E-state index contributed by atoms with van der Waals surface area (Å²) < 4.78 is 45.9. The first kappa shape index (κ1) is 15.1. The highest BCUT2D eigenvalue weighted by Gasteiger charge is 2.23. The fourth-order valence-corrected chi connectivity index (χ4v) is 2.41. The van der Waals surface area contributed by atoms with E-state index in [9.17, 15) is 13.2 Å². The Morgan fingerprint density at radius 1 is 1.15 bits per heavy atom. The largest absolute Gasteiger partial charge is 0.457 e. The van der Waals surface area contributed by atoms with Crippen molar-refractivity contribution in [3.8, 4) is 0 Å². The van der Waals surface area contributed by atoms with Crippen LogP contribution >= 0.6 is 15.9 Å². The Hall–Kier alpha value is -1.27. The molecular weight excluding hydrogens is 335 g/mol. The molecule has 0 bridgehead atoms. The molecule has 0 aliphatic carbocycles. The van der Waals surface area contributed by atoms with Crippen LogP contribution in [0.2, 0.25) is 0 Å². The van der Waals surface area contributed by atoms with Crippen molar-refractivity contribution in [3.63, 3.8) is 0 Å². The molecule has 2 aromatic rings. The Balaban J connectivity index is 2.46. The third-order valence-corrected chi connectivity index (χ3v) is 3.55. The molecule has 0 spiro atoms. The van der Waals surface area contributed by atoms with Gasteiger partial charge in [0, 0.05) is 17.2 Å². The lowest BCUT2D eigenvalue weighted by molar-refractivity contribution is 0.476. The van der Waals surface area contributed by atoms with Gasteiger partial charge in [0.25, 0.3) is 0 Å². The van der Waals surface area contributed by atoms with Crippen molar-refractivity contribution >= 4 is 15.9 Å². The smallest absolute Gasteiger partial charge is 0.174 e. The molecule has 6 heteroatoms. The van der Waals surface area contributed by atoms with Crippen molar-refractivity contribution < 1.29 is 17.6 Å². The number of rotatable bonds is 5. The number of hydrogen-bond acceptors (Lipinski definition) is 2. The van der Waals surface area contributed by atoms with Gasteiger partial charge in [0.15, 0.2) is 16.3 Å². The van der Waals surface area contributed by atoms with Crippen molar-refractivity contribution in [2.75, 3.05) is 6.54 Å². The molecule has 1 atom stereocenters. The molecule has 0 radical (unpaired) electrons. The highest BCUT2D eigenvalue weighted by molar-refractivity contribution is 9.10. The van der Waals surface area contributed by atoms with E-state index in [1.807, 2.05) is 6.92 Å². The zero-order chi connectivity index (χ0) is 14.7. The van der Waals surface area contributed by atoms with Gasteiger partial charge >= 0.3 is 0 Å². The van der Waals surface area contributed by atoms with Gasteiger partial charge in [0.2, 0.25) is 0 Å². The Kier molecular flexibility index (Phi) is 4.88. The van der Waals surface area contributed by atoms with Crippen LogP contribution in [0.25, 0.3) is 0 Å². The number of halogens is 4. The average Bonchev–Trinajstić information content (AvgIpc) is 2.82. The predicted molar refractivity (Wildman–Crippen MR) is 72.9 cm³/mol. The van der Waals surface area contributed by atoms with E-state index < -0.39 is 23.5 Å². The normalized spacial score (nSPS) is 12.7. The lowest BCUT2D eigenvalue weighted by atomic mass is 10.00. The Labute approximate surface area is 123 Å². The molecule has 1 N–H and O–H groups in total. The summed E-state index contributed by atoms with van der Waals surface area (Å²) in [5, 5.41) is 3.10. The first-order chi connectivity index (χ1) is 9.54. The molecule has 0 saturated heterocycles. The van der Waals surface area contributed by atoms with Gasteiger partial charge in [-0.3, -0.25) is 0 Å². The molecule has 0 aliphatic rings. The molecular formula is C14H13BrF3NO. The van der Waals surface area contributed by atoms with E-state index in [1.165, 1.54) is 6.26 Å². The third kappa shape index (κ3) is 3.07. The molecule has 20 heavy (non-hydrogen) atoms. The summed E-state index contributed by atoms with van der Waals surface area (Å²) in [5.74, 6) is -3.08. The highest BCUT2D eigenvalue weighted by Crippen LogP contribution is 2.31. The summed E-state index contributed by atoms with van der Waals surface area (Å²) in [6, 6.07) is 2.47. The van der Waals surface area contributed by atoms with Gasteiger partial charge in [-0.05, 0) is 41.0 Å². The molecule has 0 saturated carbocycles. The fraction of sp³-hybridized carbons (Fsp3) is 0.286. The van der Waals surface area contributed by atoms with Gasteiger partial charge in [-0.25, -0.2) is 13.2 Å². The summed E-state index contributed by atoms with van der Waals surface area (Å²) in [6.45, 7) is 2.55. The number of hydrogen-bond donors (Lipinski definition) is 1. The number of furan rings is 1. The Morgan fingerprint density at radius 2 is 1.85 bits per heavy atom. The second-order valence-corrected chi connectivity index (χ2v) is 5.04. The molecule has 0 amide bonds. The van der Waals surface area contributed by atoms with E-state index in [2.05, 4.69) is 21.2 Å². The molecule has 0 aliphatic heterocycles. The highest BCUT2D eigenvalue weighted by atomic mass is 79.9. The maximum absolute atomic E-state index is 13.9. The standard InChI is InChI=1S/C14H13BrF3NO/c1-2-4-19-13(8-3-5-20-14(8)15)9-6-11(17)12(18)7-10(9)16/h3,5-7,13,19H,2,4H2,1H3. The van der Waals surface area contributed by atoms with Gasteiger partial charge < -0.3 is 9.73 Å². The minimum absolute atomic E-state index is 0.0412. The van der Waals surface area contributed by atoms with Crippen LogP contribution < -0.4 is 5.32 Å². The van der Waals surface area contributed by atoms with Crippen LogP contribution in [0.3, 0.4) is 0 Å². The zero-order valence-electron chi connectivity index (χ0n) is 10.7. The van der Waals surface area contributed by atoms with E-state index in [0.717, 1.165) is 12.5 Å². The summed E-state index contributed by atoms with van der Waals surface area (Å²) in [7, 11) is 0. The minimum atomic E-state index is -1.20. The van der Waals surface area contributed by atoms with Crippen molar-refractivity contribution in [2.24, 2.45) is 0 Å². The Bertz CT molecular complexity index is 600. The van der Waals surface area contributed by atoms with E-state index >= 15 is 0 Å². The maximum atomic E-state index is 13.9. The molecule has 2 nitrogen and oxygen atoms in total. The molecule has 0 fully saturated rings.